The van der Waals surface area contributed by atoms with Crippen LogP contribution in [-0.2, 0) is 11.4 Å². The number of nitriles is 1. The average molecular weight is 463 g/mol. The van der Waals surface area contributed by atoms with E-state index in [1.54, 1.807) is 18.2 Å². The van der Waals surface area contributed by atoms with E-state index in [-0.39, 0.29) is 24.3 Å². The van der Waals surface area contributed by atoms with Crippen LogP contribution in [0, 0.1) is 17.2 Å². The molecular formula is C27H30N2O5. The van der Waals surface area contributed by atoms with Crippen LogP contribution in [0.4, 0.5) is 0 Å². The number of hydrogen-bond donors (Lipinski definition) is 1. The maximum absolute atomic E-state index is 12.7. The Balaban J connectivity index is 1.46. The highest BCUT2D eigenvalue weighted by Gasteiger charge is 2.24. The fourth-order valence-electron chi connectivity index (χ4n) is 4.29. The Morgan fingerprint density at radius 2 is 1.94 bits per heavy atom. The normalized spacial score (nSPS) is 19.3. The summed E-state index contributed by atoms with van der Waals surface area (Å²) in [5.74, 6) is 2.65. The standard InChI is InChI=1S/C27H30N2O5/c1-3-31-25-13-19(12-21(15-28)27(30)29-22-7-5-4-6-18(22)2)8-10-23(25)32-16-20-9-11-24-26(14-20)34-17-33-24/h8-14,18,22H,3-7,16-17H2,1-2H3,(H,29,30)/b21-12+/t18-,22-/m1/s1. The van der Waals surface area contributed by atoms with Gasteiger partial charge in [-0.1, -0.05) is 31.9 Å². The minimum absolute atomic E-state index is 0.0780. The zero-order chi connectivity index (χ0) is 23.9. The second-order valence-electron chi connectivity index (χ2n) is 8.63. The average Bonchev–Trinajstić information content (AvgIpc) is 3.31. The van der Waals surface area contributed by atoms with Crippen LogP contribution in [-0.4, -0.2) is 25.3 Å². The minimum atomic E-state index is -0.331. The van der Waals surface area contributed by atoms with Gasteiger partial charge < -0.3 is 24.3 Å². The van der Waals surface area contributed by atoms with Crippen molar-refractivity contribution in [3.05, 3.63) is 53.1 Å². The second kappa shape index (κ2) is 11.0. The third kappa shape index (κ3) is 5.63. The van der Waals surface area contributed by atoms with Gasteiger partial charge in [0, 0.05) is 6.04 Å². The summed E-state index contributed by atoms with van der Waals surface area (Å²) in [5, 5.41) is 12.6. The van der Waals surface area contributed by atoms with E-state index >= 15 is 0 Å². The molecule has 2 atom stereocenters. The molecule has 7 heteroatoms. The molecular weight excluding hydrogens is 432 g/mol. The quantitative estimate of drug-likeness (QED) is 0.439. The summed E-state index contributed by atoms with van der Waals surface area (Å²) in [6.07, 6.45) is 5.94. The van der Waals surface area contributed by atoms with Crippen LogP contribution in [0.1, 0.15) is 50.7 Å². The molecule has 0 aromatic heterocycles. The van der Waals surface area contributed by atoms with E-state index in [2.05, 4.69) is 12.2 Å². The van der Waals surface area contributed by atoms with E-state index in [9.17, 15) is 10.1 Å². The summed E-state index contributed by atoms with van der Waals surface area (Å²) in [6.45, 7) is 5.06. The molecule has 1 amide bonds. The second-order valence-corrected chi connectivity index (χ2v) is 8.63. The highest BCUT2D eigenvalue weighted by molar-refractivity contribution is 6.01. The first-order chi connectivity index (χ1) is 16.6. The van der Waals surface area contributed by atoms with Gasteiger partial charge in [-0.3, -0.25) is 4.79 Å². The summed E-state index contributed by atoms with van der Waals surface area (Å²) in [4.78, 5) is 12.7. The van der Waals surface area contributed by atoms with Gasteiger partial charge in [0.25, 0.3) is 5.91 Å². The van der Waals surface area contributed by atoms with Crippen LogP contribution in [0.5, 0.6) is 23.0 Å². The van der Waals surface area contributed by atoms with Crippen molar-refractivity contribution in [2.75, 3.05) is 13.4 Å². The zero-order valence-corrected chi connectivity index (χ0v) is 19.6. The van der Waals surface area contributed by atoms with E-state index in [4.69, 9.17) is 18.9 Å². The minimum Gasteiger partial charge on any atom is -0.490 e. The smallest absolute Gasteiger partial charge is 0.262 e. The van der Waals surface area contributed by atoms with Crippen LogP contribution in [0.15, 0.2) is 42.0 Å². The summed E-state index contributed by atoms with van der Waals surface area (Å²) < 4.78 is 22.5. The lowest BCUT2D eigenvalue weighted by atomic mass is 9.86. The van der Waals surface area contributed by atoms with Crippen LogP contribution in [0.3, 0.4) is 0 Å². The molecule has 34 heavy (non-hydrogen) atoms. The number of hydrogen-bond acceptors (Lipinski definition) is 6. The highest BCUT2D eigenvalue weighted by atomic mass is 16.7. The molecule has 0 saturated heterocycles. The molecule has 1 aliphatic carbocycles. The van der Waals surface area contributed by atoms with Crippen molar-refractivity contribution in [2.24, 2.45) is 5.92 Å². The van der Waals surface area contributed by atoms with Gasteiger partial charge in [-0.25, -0.2) is 0 Å². The number of amides is 1. The predicted octanol–water partition coefficient (Wildman–Crippen LogP) is 4.99. The Labute approximate surface area is 200 Å². The Bertz CT molecular complexity index is 1100. The largest absolute Gasteiger partial charge is 0.490 e. The number of nitrogens with zero attached hydrogens (tertiary/aromatic N) is 1. The van der Waals surface area contributed by atoms with Crippen molar-refractivity contribution in [1.29, 1.82) is 5.26 Å². The SMILES string of the molecule is CCOc1cc(/C=C(\C#N)C(=O)N[C@@H]2CCCC[C@H]2C)ccc1OCc1ccc2c(c1)OCO2. The number of carbonyl (C=O) groups is 1. The van der Waals surface area contributed by atoms with Crippen LogP contribution in [0.2, 0.25) is 0 Å². The molecule has 2 aliphatic rings. The lowest BCUT2D eigenvalue weighted by Crippen LogP contribution is -2.41. The van der Waals surface area contributed by atoms with E-state index in [1.165, 1.54) is 6.42 Å². The van der Waals surface area contributed by atoms with Gasteiger partial charge in [-0.15, -0.1) is 0 Å². The first-order valence-corrected chi connectivity index (χ1v) is 11.8. The van der Waals surface area contributed by atoms with Gasteiger partial charge in [-0.05, 0) is 67.2 Å². The van der Waals surface area contributed by atoms with Crippen molar-refractivity contribution >= 4 is 12.0 Å². The van der Waals surface area contributed by atoms with Crippen molar-refractivity contribution in [3.63, 3.8) is 0 Å². The summed E-state index contributed by atoms with van der Waals surface area (Å²) in [6, 6.07) is 13.2. The molecule has 0 unspecified atom stereocenters. The Morgan fingerprint density at radius 3 is 2.74 bits per heavy atom. The van der Waals surface area contributed by atoms with E-state index in [0.29, 0.717) is 41.9 Å². The van der Waals surface area contributed by atoms with E-state index < -0.39 is 0 Å². The van der Waals surface area contributed by atoms with Crippen molar-refractivity contribution in [3.8, 4) is 29.1 Å². The topological polar surface area (TPSA) is 89.8 Å². The van der Waals surface area contributed by atoms with Crippen molar-refractivity contribution in [2.45, 2.75) is 52.2 Å². The first kappa shape index (κ1) is 23.5. The molecule has 2 aromatic rings. The summed E-state index contributed by atoms with van der Waals surface area (Å²) >= 11 is 0. The van der Waals surface area contributed by atoms with Crippen molar-refractivity contribution < 1.29 is 23.7 Å². The van der Waals surface area contributed by atoms with Gasteiger partial charge in [-0.2, -0.15) is 5.26 Å². The maximum Gasteiger partial charge on any atom is 0.262 e. The molecule has 0 spiro atoms. The van der Waals surface area contributed by atoms with Gasteiger partial charge in [0.2, 0.25) is 6.79 Å². The lowest BCUT2D eigenvalue weighted by molar-refractivity contribution is -0.118. The molecule has 1 aliphatic heterocycles. The van der Waals surface area contributed by atoms with Crippen LogP contribution >= 0.6 is 0 Å². The lowest BCUT2D eigenvalue weighted by Gasteiger charge is -2.29. The van der Waals surface area contributed by atoms with E-state index in [1.807, 2.05) is 37.3 Å². The summed E-state index contributed by atoms with van der Waals surface area (Å²) in [5.41, 5.74) is 1.72. The molecule has 1 saturated carbocycles. The molecule has 1 fully saturated rings. The Hall–Kier alpha value is -3.66. The highest BCUT2D eigenvalue weighted by Crippen LogP contribution is 2.34. The maximum atomic E-state index is 12.7. The number of rotatable bonds is 8. The monoisotopic (exact) mass is 462 g/mol. The number of benzene rings is 2. The fraction of sp³-hybridized carbons (Fsp3) is 0.407. The summed E-state index contributed by atoms with van der Waals surface area (Å²) in [7, 11) is 0. The number of ether oxygens (including phenoxy) is 4. The Kier molecular flexibility index (Phi) is 7.58. The van der Waals surface area contributed by atoms with Crippen LogP contribution < -0.4 is 24.3 Å². The third-order valence-electron chi connectivity index (χ3n) is 6.20. The third-order valence-corrected chi connectivity index (χ3v) is 6.20. The number of carbonyl (C=O) groups excluding carboxylic acids is 1. The molecule has 4 rings (SSSR count). The Morgan fingerprint density at radius 1 is 1.12 bits per heavy atom. The molecule has 1 heterocycles. The molecule has 2 aromatic carbocycles. The van der Waals surface area contributed by atoms with E-state index in [0.717, 1.165) is 30.6 Å². The fourth-order valence-corrected chi connectivity index (χ4v) is 4.29. The van der Waals surface area contributed by atoms with Crippen LogP contribution in [0.25, 0.3) is 6.08 Å². The molecule has 7 nitrogen and oxygen atoms in total. The molecule has 1 N–H and O–H groups in total. The van der Waals surface area contributed by atoms with Gasteiger partial charge >= 0.3 is 0 Å². The zero-order valence-electron chi connectivity index (χ0n) is 19.6. The molecule has 178 valence electrons. The molecule has 0 bridgehead atoms. The van der Waals surface area contributed by atoms with Gasteiger partial charge in [0.15, 0.2) is 23.0 Å². The number of nitrogens with one attached hydrogen (secondary N) is 1. The van der Waals surface area contributed by atoms with Gasteiger partial charge in [0.05, 0.1) is 6.61 Å². The predicted molar refractivity (Wildman–Crippen MR) is 128 cm³/mol. The van der Waals surface area contributed by atoms with Crippen molar-refractivity contribution in [1.82, 2.24) is 5.32 Å². The van der Waals surface area contributed by atoms with Gasteiger partial charge in [0.1, 0.15) is 18.2 Å². The molecule has 0 radical (unpaired) electrons. The number of fused-ring (bicyclic) bond motifs is 1. The first-order valence-electron chi connectivity index (χ1n) is 11.8.